The fraction of sp³-hybridized carbons (Fsp3) is 0.667. The normalized spacial score (nSPS) is 21.6. The van der Waals surface area contributed by atoms with Gasteiger partial charge in [-0.3, -0.25) is 4.79 Å². The average Bonchev–Trinajstić information content (AvgIpc) is 2.68. The zero-order chi connectivity index (χ0) is 18.4. The van der Waals surface area contributed by atoms with Gasteiger partial charge in [0.25, 0.3) is 5.91 Å². The van der Waals surface area contributed by atoms with E-state index >= 15 is 0 Å². The molecule has 3 rings (SSSR count). The van der Waals surface area contributed by atoms with Crippen LogP contribution in [0.2, 0.25) is 5.02 Å². The Balaban J connectivity index is 1.50. The lowest BCUT2D eigenvalue weighted by atomic mass is 9.98. The molecule has 0 aromatic heterocycles. The average molecular weight is 379 g/mol. The molecule has 0 spiro atoms. The summed E-state index contributed by atoms with van der Waals surface area (Å²) in [5, 5.41) is 0.720. The molecule has 144 valence electrons. The zero-order valence-corrected chi connectivity index (χ0v) is 16.6. The summed E-state index contributed by atoms with van der Waals surface area (Å²) in [5.41, 5.74) is 0.967. The smallest absolute Gasteiger partial charge is 0.260 e. The lowest BCUT2D eigenvalue weighted by Crippen LogP contribution is -2.47. The SMILES string of the molecule is Cc1cc(OCC(=O)N2CCCC[C@H]2CCN2CCCCC2)ccc1Cl. The number of carbonyl (C=O) groups is 1. The molecule has 1 aromatic carbocycles. The van der Waals surface area contributed by atoms with Crippen LogP contribution in [0.5, 0.6) is 5.75 Å². The summed E-state index contributed by atoms with van der Waals surface area (Å²) in [5.74, 6) is 0.822. The summed E-state index contributed by atoms with van der Waals surface area (Å²) in [4.78, 5) is 17.4. The number of ether oxygens (including phenoxy) is 1. The number of hydrogen-bond donors (Lipinski definition) is 0. The van der Waals surface area contributed by atoms with Gasteiger partial charge in [0.1, 0.15) is 5.75 Å². The van der Waals surface area contributed by atoms with Crippen LogP contribution >= 0.6 is 11.6 Å². The molecule has 26 heavy (non-hydrogen) atoms. The Morgan fingerprint density at radius 3 is 2.69 bits per heavy atom. The molecule has 0 aliphatic carbocycles. The zero-order valence-electron chi connectivity index (χ0n) is 15.9. The summed E-state index contributed by atoms with van der Waals surface area (Å²) in [6.07, 6.45) is 8.55. The van der Waals surface area contributed by atoms with Gasteiger partial charge >= 0.3 is 0 Å². The van der Waals surface area contributed by atoms with Gasteiger partial charge in [-0.1, -0.05) is 18.0 Å². The minimum Gasteiger partial charge on any atom is -0.484 e. The van der Waals surface area contributed by atoms with E-state index in [4.69, 9.17) is 16.3 Å². The predicted octanol–water partition coefficient (Wildman–Crippen LogP) is 4.28. The van der Waals surface area contributed by atoms with Crippen LogP contribution in [0, 0.1) is 6.92 Å². The van der Waals surface area contributed by atoms with Gasteiger partial charge in [-0.25, -0.2) is 0 Å². The molecule has 1 amide bonds. The van der Waals surface area contributed by atoms with E-state index in [-0.39, 0.29) is 12.5 Å². The molecule has 1 aromatic rings. The van der Waals surface area contributed by atoms with Crippen molar-refractivity contribution < 1.29 is 9.53 Å². The molecule has 2 aliphatic rings. The largest absolute Gasteiger partial charge is 0.484 e. The highest BCUT2D eigenvalue weighted by atomic mass is 35.5. The van der Waals surface area contributed by atoms with Gasteiger partial charge in [-0.15, -0.1) is 0 Å². The lowest BCUT2D eigenvalue weighted by Gasteiger charge is -2.37. The Kier molecular flexibility index (Phi) is 7.21. The summed E-state index contributed by atoms with van der Waals surface area (Å²) >= 11 is 6.05. The van der Waals surface area contributed by atoms with Crippen LogP contribution in [0.1, 0.15) is 50.5 Å². The highest BCUT2D eigenvalue weighted by molar-refractivity contribution is 6.31. The molecule has 0 N–H and O–H groups in total. The van der Waals surface area contributed by atoms with E-state index in [1.165, 1.54) is 38.8 Å². The number of halogens is 1. The first kappa shape index (κ1) is 19.5. The van der Waals surface area contributed by atoms with Crippen LogP contribution in [-0.2, 0) is 4.79 Å². The fourth-order valence-corrected chi connectivity index (χ4v) is 4.20. The molecule has 2 heterocycles. The second kappa shape index (κ2) is 9.61. The molecule has 5 heteroatoms. The van der Waals surface area contributed by atoms with Crippen LogP contribution in [0.25, 0.3) is 0 Å². The summed E-state index contributed by atoms with van der Waals surface area (Å²) in [6.45, 7) is 6.48. The number of nitrogens with zero attached hydrogens (tertiary/aromatic N) is 2. The van der Waals surface area contributed by atoms with E-state index in [1.807, 2.05) is 25.1 Å². The third-order valence-electron chi connectivity index (χ3n) is 5.67. The van der Waals surface area contributed by atoms with Gasteiger partial charge in [0.05, 0.1) is 0 Å². The van der Waals surface area contributed by atoms with E-state index in [1.54, 1.807) is 0 Å². The molecule has 1 atom stereocenters. The van der Waals surface area contributed by atoms with Crippen LogP contribution in [-0.4, -0.2) is 54.5 Å². The molecule has 2 aliphatic heterocycles. The minimum absolute atomic E-state index is 0.112. The van der Waals surface area contributed by atoms with Crippen molar-refractivity contribution in [2.45, 2.75) is 57.9 Å². The van der Waals surface area contributed by atoms with E-state index in [2.05, 4.69) is 9.80 Å². The minimum atomic E-state index is 0.112. The number of benzene rings is 1. The molecule has 0 saturated carbocycles. The van der Waals surface area contributed by atoms with E-state index in [0.29, 0.717) is 11.8 Å². The maximum absolute atomic E-state index is 12.7. The van der Waals surface area contributed by atoms with Crippen molar-refractivity contribution in [3.05, 3.63) is 28.8 Å². The van der Waals surface area contributed by atoms with Gasteiger partial charge in [-0.2, -0.15) is 0 Å². The van der Waals surface area contributed by atoms with Gasteiger partial charge in [-0.05, 0) is 82.3 Å². The van der Waals surface area contributed by atoms with Crippen LogP contribution in [0.15, 0.2) is 18.2 Å². The molecule has 0 radical (unpaired) electrons. The third-order valence-corrected chi connectivity index (χ3v) is 6.09. The first-order valence-electron chi connectivity index (χ1n) is 10.0. The van der Waals surface area contributed by atoms with Crippen molar-refractivity contribution in [3.63, 3.8) is 0 Å². The molecule has 4 nitrogen and oxygen atoms in total. The van der Waals surface area contributed by atoms with Crippen LogP contribution < -0.4 is 4.74 Å². The highest BCUT2D eigenvalue weighted by Gasteiger charge is 2.27. The summed E-state index contributed by atoms with van der Waals surface area (Å²) in [6, 6.07) is 5.90. The fourth-order valence-electron chi connectivity index (χ4n) is 4.08. The van der Waals surface area contributed by atoms with E-state index in [9.17, 15) is 4.79 Å². The van der Waals surface area contributed by atoms with Gasteiger partial charge in [0.15, 0.2) is 6.61 Å². The van der Waals surface area contributed by atoms with Gasteiger partial charge < -0.3 is 14.5 Å². The lowest BCUT2D eigenvalue weighted by molar-refractivity contribution is -0.137. The Labute approximate surface area is 162 Å². The predicted molar refractivity (Wildman–Crippen MR) is 106 cm³/mol. The Hall–Kier alpha value is -1.26. The number of piperidine rings is 2. The Bertz CT molecular complexity index is 602. The summed E-state index contributed by atoms with van der Waals surface area (Å²) in [7, 11) is 0. The standard InChI is InChI=1S/C21H31ClN2O2/c1-17-15-19(8-9-20(17)22)26-16-21(25)24-13-6-3-7-18(24)10-14-23-11-4-2-5-12-23/h8-9,15,18H,2-7,10-14,16H2,1H3/t18-/m0/s1. The van der Waals surface area contributed by atoms with E-state index in [0.717, 1.165) is 42.9 Å². The molecule has 0 unspecified atom stereocenters. The van der Waals surface area contributed by atoms with Crippen molar-refractivity contribution in [2.24, 2.45) is 0 Å². The summed E-state index contributed by atoms with van der Waals surface area (Å²) < 4.78 is 5.74. The van der Waals surface area contributed by atoms with Crippen molar-refractivity contribution >= 4 is 17.5 Å². The Morgan fingerprint density at radius 2 is 1.92 bits per heavy atom. The van der Waals surface area contributed by atoms with Gasteiger partial charge in [0, 0.05) is 24.2 Å². The highest BCUT2D eigenvalue weighted by Crippen LogP contribution is 2.23. The molecular formula is C21H31ClN2O2. The number of amides is 1. The van der Waals surface area contributed by atoms with Gasteiger partial charge in [0.2, 0.25) is 0 Å². The number of rotatable bonds is 6. The topological polar surface area (TPSA) is 32.8 Å². The maximum Gasteiger partial charge on any atom is 0.260 e. The van der Waals surface area contributed by atoms with Crippen molar-refractivity contribution in [1.82, 2.24) is 9.80 Å². The third kappa shape index (κ3) is 5.37. The maximum atomic E-state index is 12.7. The second-order valence-electron chi connectivity index (χ2n) is 7.63. The quantitative estimate of drug-likeness (QED) is 0.740. The van der Waals surface area contributed by atoms with Crippen molar-refractivity contribution in [3.8, 4) is 5.75 Å². The molecule has 0 bridgehead atoms. The monoisotopic (exact) mass is 378 g/mol. The second-order valence-corrected chi connectivity index (χ2v) is 8.03. The molecular weight excluding hydrogens is 348 g/mol. The van der Waals surface area contributed by atoms with Crippen molar-refractivity contribution in [2.75, 3.05) is 32.8 Å². The van der Waals surface area contributed by atoms with E-state index < -0.39 is 0 Å². The van der Waals surface area contributed by atoms with Crippen LogP contribution in [0.4, 0.5) is 0 Å². The number of likely N-dealkylation sites (tertiary alicyclic amines) is 2. The molecule has 2 fully saturated rings. The number of hydrogen-bond acceptors (Lipinski definition) is 3. The van der Waals surface area contributed by atoms with Crippen LogP contribution in [0.3, 0.4) is 0 Å². The first-order chi connectivity index (χ1) is 12.6. The number of carbonyl (C=O) groups excluding carboxylic acids is 1. The Morgan fingerprint density at radius 1 is 1.15 bits per heavy atom. The number of aryl methyl sites for hydroxylation is 1. The van der Waals surface area contributed by atoms with Crippen molar-refractivity contribution in [1.29, 1.82) is 0 Å². The first-order valence-corrected chi connectivity index (χ1v) is 10.4. The molecule has 2 saturated heterocycles.